The number of fused-ring (bicyclic) bond motifs is 3. The number of carboxylic acids is 1. The second-order valence-electron chi connectivity index (χ2n) is 6.83. The highest BCUT2D eigenvalue weighted by Crippen LogP contribution is 2.44. The van der Waals surface area contributed by atoms with Gasteiger partial charge in [0.1, 0.15) is 12.6 Å². The fraction of sp³-hybridized carbons (Fsp3) is 0.190. The molecule has 1 aliphatic rings. The molecule has 0 radical (unpaired) electrons. The summed E-state index contributed by atoms with van der Waals surface area (Å²) in [6.07, 6.45) is 0.873. The topological polar surface area (TPSA) is 107 Å². The van der Waals surface area contributed by atoms with Crippen LogP contribution in [0.25, 0.3) is 11.1 Å². The molecule has 1 aliphatic carbocycles. The first-order chi connectivity index (χ1) is 14.0. The van der Waals surface area contributed by atoms with Gasteiger partial charge in [-0.05, 0) is 34.5 Å². The Labute approximate surface area is 171 Å². The molecule has 1 heterocycles. The maximum Gasteiger partial charge on any atom is 0.407 e. The predicted octanol–water partition coefficient (Wildman–Crippen LogP) is 3.61. The quantitative estimate of drug-likeness (QED) is 0.465. The summed E-state index contributed by atoms with van der Waals surface area (Å²) in [6, 6.07) is 14.9. The molecular formula is C21H19N3O4S. The molecule has 29 heavy (non-hydrogen) atoms. The predicted molar refractivity (Wildman–Crippen MR) is 109 cm³/mol. The number of aromatic amines is 2. The van der Waals surface area contributed by atoms with Crippen LogP contribution in [0.1, 0.15) is 22.7 Å². The van der Waals surface area contributed by atoms with Crippen molar-refractivity contribution in [2.75, 3.05) is 6.61 Å². The van der Waals surface area contributed by atoms with Crippen molar-refractivity contribution in [2.24, 2.45) is 0 Å². The number of hydrogen-bond acceptors (Lipinski definition) is 4. The molecule has 3 aromatic rings. The molecule has 0 unspecified atom stereocenters. The van der Waals surface area contributed by atoms with Crippen molar-refractivity contribution in [2.45, 2.75) is 18.4 Å². The summed E-state index contributed by atoms with van der Waals surface area (Å²) in [7, 11) is 0. The zero-order valence-electron chi connectivity index (χ0n) is 15.3. The Morgan fingerprint density at radius 1 is 1.10 bits per heavy atom. The van der Waals surface area contributed by atoms with E-state index in [1.54, 1.807) is 6.20 Å². The molecule has 148 valence electrons. The van der Waals surface area contributed by atoms with Crippen LogP contribution >= 0.6 is 12.2 Å². The number of alkyl carbamates (subject to hydrolysis) is 1. The number of hydrogen-bond donors (Lipinski definition) is 4. The van der Waals surface area contributed by atoms with Crippen LogP contribution in [-0.2, 0) is 16.0 Å². The molecule has 0 saturated heterocycles. The Hall–Kier alpha value is -3.39. The van der Waals surface area contributed by atoms with Crippen LogP contribution in [0, 0.1) is 4.77 Å². The smallest absolute Gasteiger partial charge is 0.407 e. The lowest BCUT2D eigenvalue weighted by Crippen LogP contribution is -2.43. The third kappa shape index (κ3) is 3.93. The number of rotatable bonds is 6. The van der Waals surface area contributed by atoms with Gasteiger partial charge in [-0.1, -0.05) is 48.5 Å². The first-order valence-electron chi connectivity index (χ1n) is 9.14. The second kappa shape index (κ2) is 7.92. The van der Waals surface area contributed by atoms with Crippen molar-refractivity contribution in [1.29, 1.82) is 0 Å². The number of carbonyl (C=O) groups is 2. The third-order valence-corrected chi connectivity index (χ3v) is 5.23. The molecule has 2 aromatic carbocycles. The normalized spacial score (nSPS) is 13.4. The van der Waals surface area contributed by atoms with Gasteiger partial charge < -0.3 is 25.1 Å². The minimum atomic E-state index is -1.15. The van der Waals surface area contributed by atoms with E-state index in [0.717, 1.165) is 22.3 Å². The van der Waals surface area contributed by atoms with Crippen LogP contribution < -0.4 is 5.32 Å². The number of carboxylic acid groups (broad SMARTS) is 1. The number of benzene rings is 2. The van der Waals surface area contributed by atoms with E-state index in [0.29, 0.717) is 10.5 Å². The van der Waals surface area contributed by atoms with E-state index in [1.165, 1.54) is 0 Å². The molecule has 0 spiro atoms. The van der Waals surface area contributed by atoms with Crippen molar-refractivity contribution in [3.8, 4) is 11.1 Å². The van der Waals surface area contributed by atoms with Crippen LogP contribution in [0.3, 0.4) is 0 Å². The van der Waals surface area contributed by atoms with Crippen LogP contribution in [0.4, 0.5) is 4.79 Å². The minimum absolute atomic E-state index is 0.0622. The monoisotopic (exact) mass is 409 g/mol. The highest BCUT2D eigenvalue weighted by atomic mass is 32.1. The van der Waals surface area contributed by atoms with E-state index < -0.39 is 18.1 Å². The van der Waals surface area contributed by atoms with E-state index >= 15 is 0 Å². The average Bonchev–Trinajstić information content (AvgIpc) is 3.27. The molecular weight excluding hydrogens is 390 g/mol. The van der Waals surface area contributed by atoms with Gasteiger partial charge in [0, 0.05) is 24.2 Å². The summed E-state index contributed by atoms with van der Waals surface area (Å²) < 4.78 is 5.81. The Morgan fingerprint density at radius 2 is 1.72 bits per heavy atom. The molecule has 0 saturated carbocycles. The van der Waals surface area contributed by atoms with Crippen molar-refractivity contribution in [3.05, 3.63) is 76.3 Å². The van der Waals surface area contributed by atoms with Crippen LogP contribution in [0.5, 0.6) is 0 Å². The minimum Gasteiger partial charge on any atom is -0.480 e. The van der Waals surface area contributed by atoms with Gasteiger partial charge in [-0.3, -0.25) is 0 Å². The van der Waals surface area contributed by atoms with E-state index in [4.69, 9.17) is 17.0 Å². The summed E-state index contributed by atoms with van der Waals surface area (Å²) in [4.78, 5) is 29.4. The zero-order valence-corrected chi connectivity index (χ0v) is 16.2. The number of H-pyrrole nitrogens is 2. The van der Waals surface area contributed by atoms with Gasteiger partial charge in [0.2, 0.25) is 0 Å². The maximum atomic E-state index is 12.3. The largest absolute Gasteiger partial charge is 0.480 e. The number of nitrogens with one attached hydrogen (secondary N) is 3. The molecule has 4 rings (SSSR count). The van der Waals surface area contributed by atoms with Crippen LogP contribution in [-0.4, -0.2) is 39.8 Å². The lowest BCUT2D eigenvalue weighted by Gasteiger charge is -2.17. The van der Waals surface area contributed by atoms with Crippen molar-refractivity contribution in [1.82, 2.24) is 15.3 Å². The average molecular weight is 409 g/mol. The summed E-state index contributed by atoms with van der Waals surface area (Å²) in [5.74, 6) is -1.24. The number of imidazole rings is 1. The summed E-state index contributed by atoms with van der Waals surface area (Å²) in [5.41, 5.74) is 5.03. The van der Waals surface area contributed by atoms with Gasteiger partial charge in [0.15, 0.2) is 4.77 Å². The molecule has 1 aromatic heterocycles. The molecule has 4 N–H and O–H groups in total. The van der Waals surface area contributed by atoms with Crippen molar-refractivity contribution >= 4 is 24.3 Å². The van der Waals surface area contributed by atoms with Gasteiger partial charge in [0.05, 0.1) is 0 Å². The Kier molecular flexibility index (Phi) is 5.18. The van der Waals surface area contributed by atoms with Gasteiger partial charge in [-0.2, -0.15) is 0 Å². The SMILES string of the molecule is O=C(N[C@@H](Cc1c[nH]c(=S)[nH]1)C(=O)O)OCC1c2ccccc2-c2ccccc21. The van der Waals surface area contributed by atoms with Gasteiger partial charge >= 0.3 is 12.1 Å². The first-order valence-corrected chi connectivity index (χ1v) is 9.54. The Morgan fingerprint density at radius 3 is 2.28 bits per heavy atom. The molecule has 0 fully saturated rings. The fourth-order valence-corrected chi connectivity index (χ4v) is 3.87. The van der Waals surface area contributed by atoms with Gasteiger partial charge in [0.25, 0.3) is 0 Å². The number of carbonyl (C=O) groups excluding carboxylic acids is 1. The van der Waals surface area contributed by atoms with E-state index in [2.05, 4.69) is 27.4 Å². The third-order valence-electron chi connectivity index (χ3n) is 5.01. The van der Waals surface area contributed by atoms with E-state index in [1.807, 2.05) is 36.4 Å². The zero-order chi connectivity index (χ0) is 20.4. The lowest BCUT2D eigenvalue weighted by atomic mass is 9.98. The lowest BCUT2D eigenvalue weighted by molar-refractivity contribution is -0.139. The number of amides is 1. The van der Waals surface area contributed by atoms with Gasteiger partial charge in [-0.15, -0.1) is 0 Å². The molecule has 1 amide bonds. The van der Waals surface area contributed by atoms with Crippen molar-refractivity contribution in [3.63, 3.8) is 0 Å². The van der Waals surface area contributed by atoms with Crippen LogP contribution in [0.2, 0.25) is 0 Å². The van der Waals surface area contributed by atoms with Crippen LogP contribution in [0.15, 0.2) is 54.7 Å². The highest BCUT2D eigenvalue weighted by Gasteiger charge is 2.29. The highest BCUT2D eigenvalue weighted by molar-refractivity contribution is 7.71. The Balaban J connectivity index is 1.44. The second-order valence-corrected chi connectivity index (χ2v) is 7.24. The molecule has 7 nitrogen and oxygen atoms in total. The summed E-state index contributed by atoms with van der Waals surface area (Å²) in [5, 5.41) is 11.8. The number of aromatic nitrogens is 2. The fourth-order valence-electron chi connectivity index (χ4n) is 3.68. The molecule has 1 atom stereocenters. The summed E-state index contributed by atoms with van der Waals surface area (Å²) in [6.45, 7) is 0.124. The number of ether oxygens (including phenoxy) is 1. The van der Waals surface area contributed by atoms with Crippen molar-refractivity contribution < 1.29 is 19.4 Å². The standard InChI is InChI=1S/C21H19N3O4S/c25-19(26)18(9-12-10-22-20(29)23-12)24-21(27)28-11-17-15-7-3-1-5-13(15)14-6-2-4-8-16(14)17/h1-8,10,17-18H,9,11H2,(H,24,27)(H,25,26)(H2,22,23,29)/t18-/m0/s1. The first kappa shape index (κ1) is 18.9. The summed E-state index contributed by atoms with van der Waals surface area (Å²) >= 11 is 4.94. The number of aliphatic carboxylic acids is 1. The maximum absolute atomic E-state index is 12.3. The molecule has 0 aliphatic heterocycles. The van der Waals surface area contributed by atoms with E-state index in [-0.39, 0.29) is 18.9 Å². The molecule has 8 heteroatoms. The Bertz CT molecular complexity index is 1080. The van der Waals surface area contributed by atoms with Gasteiger partial charge in [-0.25, -0.2) is 9.59 Å². The van der Waals surface area contributed by atoms with E-state index in [9.17, 15) is 14.7 Å². The molecule has 0 bridgehead atoms.